The molecule has 0 amide bonds. The van der Waals surface area contributed by atoms with E-state index < -0.39 is 11.8 Å². The minimum absolute atomic E-state index is 0.336. The van der Waals surface area contributed by atoms with Crippen LogP contribution < -0.4 is 0 Å². The maximum absolute atomic E-state index is 11.1. The van der Waals surface area contributed by atoms with Crippen LogP contribution in [-0.4, -0.2) is 18.9 Å². The number of hydrogen-bond donors (Lipinski definition) is 0. The van der Waals surface area contributed by atoms with Crippen molar-refractivity contribution in [3.63, 3.8) is 0 Å². The Morgan fingerprint density at radius 2 is 1.22 bits per heavy atom. The van der Waals surface area contributed by atoms with Gasteiger partial charge in [-0.2, -0.15) is 0 Å². The predicted octanol–water partition coefficient (Wildman–Crippen LogP) is 4.04. The summed E-state index contributed by atoms with van der Waals surface area (Å²) in [5.74, 6) is -1.09. The summed E-state index contributed by atoms with van der Waals surface area (Å²) in [5, 5.41) is 0. The molecule has 0 heterocycles. The number of methoxy groups -OCH3 is 1. The summed E-state index contributed by atoms with van der Waals surface area (Å²) in [6.07, 6.45) is 12.6. The standard InChI is InChI=1S/C15H28O3/c1-3-4-5-6-7-8-9-10-11-12-13-14(16)15(17)18-2/h3-13H2,1-2H3. The minimum atomic E-state index is -0.703. The highest BCUT2D eigenvalue weighted by Crippen LogP contribution is 2.11. The van der Waals surface area contributed by atoms with Crippen molar-refractivity contribution in [2.75, 3.05) is 7.11 Å². The topological polar surface area (TPSA) is 43.4 Å². The highest BCUT2D eigenvalue weighted by atomic mass is 16.5. The number of rotatable bonds is 12. The SMILES string of the molecule is CCCCCCCCCCCCC(=O)C(=O)OC. The molecule has 3 nitrogen and oxygen atoms in total. The summed E-state index contributed by atoms with van der Waals surface area (Å²) in [4.78, 5) is 22.0. The normalized spacial score (nSPS) is 10.3. The Bertz CT molecular complexity index is 224. The minimum Gasteiger partial charge on any atom is -0.463 e. The van der Waals surface area contributed by atoms with Gasteiger partial charge in [-0.3, -0.25) is 4.79 Å². The maximum Gasteiger partial charge on any atom is 0.374 e. The molecular formula is C15H28O3. The third-order valence-electron chi connectivity index (χ3n) is 3.17. The fraction of sp³-hybridized carbons (Fsp3) is 0.867. The van der Waals surface area contributed by atoms with Crippen LogP contribution in [0, 0.1) is 0 Å². The number of ether oxygens (including phenoxy) is 1. The van der Waals surface area contributed by atoms with Gasteiger partial charge in [0.05, 0.1) is 7.11 Å². The van der Waals surface area contributed by atoms with Crippen LogP contribution in [-0.2, 0) is 14.3 Å². The lowest BCUT2D eigenvalue weighted by Gasteiger charge is -2.02. The van der Waals surface area contributed by atoms with E-state index in [0.29, 0.717) is 6.42 Å². The van der Waals surface area contributed by atoms with Gasteiger partial charge < -0.3 is 4.74 Å². The van der Waals surface area contributed by atoms with E-state index in [9.17, 15) is 9.59 Å². The molecular weight excluding hydrogens is 228 g/mol. The van der Waals surface area contributed by atoms with E-state index in [0.717, 1.165) is 12.8 Å². The molecule has 0 N–H and O–H groups in total. The highest BCUT2D eigenvalue weighted by Gasteiger charge is 2.12. The van der Waals surface area contributed by atoms with E-state index >= 15 is 0 Å². The second-order valence-electron chi connectivity index (χ2n) is 4.85. The van der Waals surface area contributed by atoms with Crippen molar-refractivity contribution in [3.05, 3.63) is 0 Å². The number of hydrogen-bond acceptors (Lipinski definition) is 3. The largest absolute Gasteiger partial charge is 0.463 e. The molecule has 0 radical (unpaired) electrons. The van der Waals surface area contributed by atoms with Gasteiger partial charge in [-0.25, -0.2) is 4.79 Å². The third-order valence-corrected chi connectivity index (χ3v) is 3.17. The van der Waals surface area contributed by atoms with Gasteiger partial charge in [0, 0.05) is 6.42 Å². The molecule has 106 valence electrons. The molecule has 0 rings (SSSR count). The summed E-state index contributed by atoms with van der Waals surface area (Å²) in [6, 6.07) is 0. The van der Waals surface area contributed by atoms with Crippen molar-refractivity contribution in [1.82, 2.24) is 0 Å². The van der Waals surface area contributed by atoms with Crippen molar-refractivity contribution in [2.45, 2.75) is 77.6 Å². The zero-order valence-corrected chi connectivity index (χ0v) is 12.0. The van der Waals surface area contributed by atoms with Crippen LogP contribution in [0.5, 0.6) is 0 Å². The van der Waals surface area contributed by atoms with Gasteiger partial charge in [0.15, 0.2) is 0 Å². The van der Waals surface area contributed by atoms with Gasteiger partial charge in [0.2, 0.25) is 5.78 Å². The summed E-state index contributed by atoms with van der Waals surface area (Å²) >= 11 is 0. The van der Waals surface area contributed by atoms with E-state index in [-0.39, 0.29) is 0 Å². The lowest BCUT2D eigenvalue weighted by Crippen LogP contribution is -2.14. The van der Waals surface area contributed by atoms with E-state index in [1.54, 1.807) is 0 Å². The molecule has 0 saturated carbocycles. The average Bonchev–Trinajstić information content (AvgIpc) is 2.39. The predicted molar refractivity (Wildman–Crippen MR) is 73.5 cm³/mol. The Morgan fingerprint density at radius 1 is 0.778 bits per heavy atom. The summed E-state index contributed by atoms with van der Waals surface area (Å²) in [7, 11) is 1.25. The van der Waals surface area contributed by atoms with E-state index in [2.05, 4.69) is 11.7 Å². The summed E-state index contributed by atoms with van der Waals surface area (Å²) in [6.45, 7) is 2.23. The summed E-state index contributed by atoms with van der Waals surface area (Å²) in [5.41, 5.74) is 0. The van der Waals surface area contributed by atoms with Gasteiger partial charge in [0.1, 0.15) is 0 Å². The lowest BCUT2D eigenvalue weighted by molar-refractivity contribution is -0.151. The molecule has 0 bridgehead atoms. The second-order valence-corrected chi connectivity index (χ2v) is 4.85. The Hall–Kier alpha value is -0.860. The molecule has 0 unspecified atom stereocenters. The molecule has 0 fully saturated rings. The molecule has 0 aromatic heterocycles. The van der Waals surface area contributed by atoms with Crippen molar-refractivity contribution >= 4 is 11.8 Å². The Labute approximate surface area is 111 Å². The monoisotopic (exact) mass is 256 g/mol. The van der Waals surface area contributed by atoms with Crippen LogP contribution in [0.2, 0.25) is 0 Å². The first kappa shape index (κ1) is 17.1. The highest BCUT2D eigenvalue weighted by molar-refractivity contribution is 6.33. The fourth-order valence-electron chi connectivity index (χ4n) is 1.99. The van der Waals surface area contributed by atoms with Crippen LogP contribution in [0.3, 0.4) is 0 Å². The lowest BCUT2D eigenvalue weighted by atomic mass is 10.1. The first-order valence-electron chi connectivity index (χ1n) is 7.33. The van der Waals surface area contributed by atoms with Gasteiger partial charge in [-0.05, 0) is 6.42 Å². The van der Waals surface area contributed by atoms with Gasteiger partial charge in [0.25, 0.3) is 0 Å². The molecule has 0 aliphatic rings. The number of unbranched alkanes of at least 4 members (excludes halogenated alkanes) is 9. The Morgan fingerprint density at radius 3 is 1.67 bits per heavy atom. The van der Waals surface area contributed by atoms with Crippen molar-refractivity contribution in [3.8, 4) is 0 Å². The van der Waals surface area contributed by atoms with Crippen molar-refractivity contribution < 1.29 is 14.3 Å². The molecule has 0 spiro atoms. The first-order chi connectivity index (χ1) is 8.72. The quantitative estimate of drug-likeness (QED) is 0.301. The molecule has 0 saturated heterocycles. The molecule has 3 heteroatoms. The van der Waals surface area contributed by atoms with Crippen molar-refractivity contribution in [2.24, 2.45) is 0 Å². The van der Waals surface area contributed by atoms with Crippen LogP contribution in [0.4, 0.5) is 0 Å². The molecule has 18 heavy (non-hydrogen) atoms. The van der Waals surface area contributed by atoms with Crippen LogP contribution in [0.1, 0.15) is 77.6 Å². The number of carbonyl (C=O) groups is 2. The number of carbonyl (C=O) groups excluding carboxylic acids is 2. The second kappa shape index (κ2) is 12.6. The van der Waals surface area contributed by atoms with Crippen molar-refractivity contribution in [1.29, 1.82) is 0 Å². The molecule has 0 aliphatic heterocycles. The molecule has 0 atom stereocenters. The van der Waals surface area contributed by atoms with Crippen LogP contribution >= 0.6 is 0 Å². The Balaban J connectivity index is 3.16. The Kier molecular flexibility index (Phi) is 12.0. The van der Waals surface area contributed by atoms with Gasteiger partial charge in [-0.15, -0.1) is 0 Å². The van der Waals surface area contributed by atoms with E-state index in [1.165, 1.54) is 58.5 Å². The van der Waals surface area contributed by atoms with Crippen LogP contribution in [0.25, 0.3) is 0 Å². The third kappa shape index (κ3) is 10.3. The molecule has 0 aliphatic carbocycles. The maximum atomic E-state index is 11.1. The number of esters is 1. The van der Waals surface area contributed by atoms with Gasteiger partial charge in [-0.1, -0.05) is 64.7 Å². The number of ketones is 1. The zero-order valence-electron chi connectivity index (χ0n) is 12.0. The van der Waals surface area contributed by atoms with Crippen LogP contribution in [0.15, 0.2) is 0 Å². The smallest absolute Gasteiger partial charge is 0.374 e. The van der Waals surface area contributed by atoms with E-state index in [1.807, 2.05) is 0 Å². The zero-order chi connectivity index (χ0) is 13.6. The summed E-state index contributed by atoms with van der Waals surface area (Å²) < 4.78 is 4.37. The molecule has 0 aromatic rings. The van der Waals surface area contributed by atoms with E-state index in [4.69, 9.17) is 0 Å². The fourth-order valence-corrected chi connectivity index (χ4v) is 1.99. The average molecular weight is 256 g/mol. The first-order valence-corrected chi connectivity index (χ1v) is 7.33. The van der Waals surface area contributed by atoms with Gasteiger partial charge >= 0.3 is 5.97 Å². The molecule has 0 aromatic carbocycles. The number of Topliss-reactive ketones (excluding diaryl/α,β-unsaturated/α-hetero) is 1.